The molecule has 156 valence electrons. The highest BCUT2D eigenvalue weighted by atomic mass is 16.5. The summed E-state index contributed by atoms with van der Waals surface area (Å²) in [7, 11) is 0. The van der Waals surface area contributed by atoms with Crippen molar-refractivity contribution in [2.45, 2.75) is 38.7 Å². The lowest BCUT2D eigenvalue weighted by atomic mass is 9.94. The van der Waals surface area contributed by atoms with Crippen LogP contribution in [0.5, 0.6) is 0 Å². The Bertz CT molecular complexity index is 1270. The van der Waals surface area contributed by atoms with Crippen molar-refractivity contribution in [3.05, 3.63) is 82.7 Å². The third kappa shape index (κ3) is 3.21. The lowest BCUT2D eigenvalue weighted by molar-refractivity contribution is 0.0985. The van der Waals surface area contributed by atoms with E-state index in [0.717, 1.165) is 22.7 Å². The van der Waals surface area contributed by atoms with Crippen LogP contribution in [0, 0.1) is 0 Å². The molecule has 1 aliphatic heterocycles. The van der Waals surface area contributed by atoms with Gasteiger partial charge in [-0.25, -0.2) is 4.99 Å². The lowest BCUT2D eigenvalue weighted by Crippen LogP contribution is -2.09. The molecule has 2 unspecified atom stereocenters. The van der Waals surface area contributed by atoms with E-state index < -0.39 is 5.92 Å². The predicted octanol–water partition coefficient (Wildman–Crippen LogP) is 5.40. The number of hydrogen-bond acceptors (Lipinski definition) is 5. The minimum Gasteiger partial charge on any atom is -0.515 e. The molecule has 31 heavy (non-hydrogen) atoms. The summed E-state index contributed by atoms with van der Waals surface area (Å²) < 4.78 is 5.76. The zero-order valence-electron chi connectivity index (χ0n) is 17.8. The van der Waals surface area contributed by atoms with E-state index in [2.05, 4.69) is 31.0 Å². The number of nitrogens with zero attached hydrogens (tertiary/aromatic N) is 2. The van der Waals surface area contributed by atoms with Gasteiger partial charge >= 0.3 is 0 Å². The second-order valence-corrected chi connectivity index (χ2v) is 8.56. The van der Waals surface area contributed by atoms with Gasteiger partial charge in [0.2, 0.25) is 5.90 Å². The number of fused-ring (bicyclic) bond motifs is 2. The van der Waals surface area contributed by atoms with E-state index in [9.17, 15) is 9.90 Å². The average Bonchev–Trinajstić information content (AvgIpc) is 3.33. The monoisotopic (exact) mass is 412 g/mol. The first-order valence-corrected chi connectivity index (χ1v) is 10.6. The molecule has 5 rings (SSSR count). The predicted molar refractivity (Wildman–Crippen MR) is 122 cm³/mol. The molecule has 0 saturated heterocycles. The quantitative estimate of drug-likeness (QED) is 0.585. The molecular formula is C26H24N2O3. The minimum atomic E-state index is -0.630. The number of carbonyl (C=O) groups is 1. The van der Waals surface area contributed by atoms with Crippen molar-refractivity contribution in [3.8, 4) is 0 Å². The fourth-order valence-corrected chi connectivity index (χ4v) is 4.34. The molecule has 3 aromatic rings. The van der Waals surface area contributed by atoms with E-state index in [1.165, 1.54) is 5.56 Å². The molecule has 2 atom stereocenters. The first-order chi connectivity index (χ1) is 15.0. The average molecular weight is 412 g/mol. The van der Waals surface area contributed by atoms with Crippen LogP contribution < -0.4 is 0 Å². The van der Waals surface area contributed by atoms with Crippen LogP contribution in [0.15, 0.2) is 59.8 Å². The third-order valence-electron chi connectivity index (χ3n) is 6.06. The summed E-state index contributed by atoms with van der Waals surface area (Å²) in [5.41, 5.74) is 5.38. The number of ether oxygens (including phenoxy) is 1. The SMILES string of the molecule is CC1CN=C(c2ccc3c(c2)/C(=C\O)C(c2ccc4cc(C(C)C)ccc4n2)C3=O)O1. The van der Waals surface area contributed by atoms with Crippen molar-refractivity contribution in [1.82, 2.24) is 4.98 Å². The fraction of sp³-hybridized carbons (Fsp3) is 0.269. The maximum atomic E-state index is 13.3. The van der Waals surface area contributed by atoms with Gasteiger partial charge in [-0.15, -0.1) is 0 Å². The Morgan fingerprint density at radius 1 is 1.10 bits per heavy atom. The highest BCUT2D eigenvalue weighted by Gasteiger charge is 2.38. The van der Waals surface area contributed by atoms with Crippen LogP contribution in [0.25, 0.3) is 16.5 Å². The number of hydrogen-bond donors (Lipinski definition) is 1. The molecule has 2 aromatic carbocycles. The van der Waals surface area contributed by atoms with Gasteiger partial charge in [0.15, 0.2) is 5.78 Å². The summed E-state index contributed by atoms with van der Waals surface area (Å²) >= 11 is 0. The lowest BCUT2D eigenvalue weighted by Gasteiger charge is -2.12. The van der Waals surface area contributed by atoms with Gasteiger partial charge in [0.05, 0.1) is 29.9 Å². The van der Waals surface area contributed by atoms with E-state index >= 15 is 0 Å². The first-order valence-electron chi connectivity index (χ1n) is 10.6. The van der Waals surface area contributed by atoms with Crippen LogP contribution in [0.4, 0.5) is 0 Å². The number of rotatable bonds is 3. The van der Waals surface area contributed by atoms with Crippen LogP contribution in [0.2, 0.25) is 0 Å². The van der Waals surface area contributed by atoms with Gasteiger partial charge in [-0.1, -0.05) is 26.0 Å². The second kappa shape index (κ2) is 7.34. The van der Waals surface area contributed by atoms with E-state index in [1.54, 1.807) is 6.07 Å². The molecule has 1 aliphatic carbocycles. The summed E-state index contributed by atoms with van der Waals surface area (Å²) in [6.45, 7) is 6.91. The van der Waals surface area contributed by atoms with Gasteiger partial charge in [0.1, 0.15) is 6.10 Å². The molecule has 1 N–H and O–H groups in total. The van der Waals surface area contributed by atoms with E-state index in [-0.39, 0.29) is 11.9 Å². The summed E-state index contributed by atoms with van der Waals surface area (Å²) in [6.07, 6.45) is 1.08. The number of aromatic nitrogens is 1. The summed E-state index contributed by atoms with van der Waals surface area (Å²) in [6, 6.07) is 15.6. The topological polar surface area (TPSA) is 71.8 Å². The summed E-state index contributed by atoms with van der Waals surface area (Å²) in [5.74, 6) is 0.322. The van der Waals surface area contributed by atoms with Gasteiger partial charge in [-0.05, 0) is 60.4 Å². The Labute approximate surface area is 181 Å². The van der Waals surface area contributed by atoms with Crippen molar-refractivity contribution < 1.29 is 14.6 Å². The molecule has 0 saturated carbocycles. The number of benzene rings is 2. The van der Waals surface area contributed by atoms with Gasteiger partial charge in [0.25, 0.3) is 0 Å². The summed E-state index contributed by atoms with van der Waals surface area (Å²) in [4.78, 5) is 22.5. The maximum Gasteiger partial charge on any atom is 0.216 e. The molecule has 0 spiro atoms. The molecule has 5 heteroatoms. The highest BCUT2D eigenvalue weighted by Crippen LogP contribution is 2.43. The Kier molecular flexibility index (Phi) is 4.62. The molecule has 0 amide bonds. The van der Waals surface area contributed by atoms with Crippen LogP contribution >= 0.6 is 0 Å². The van der Waals surface area contributed by atoms with E-state index in [1.807, 2.05) is 37.3 Å². The molecule has 0 radical (unpaired) electrons. The first kappa shape index (κ1) is 19.5. The number of Topliss-reactive ketones (excluding diaryl/α,β-unsaturated/α-hetero) is 1. The number of aliphatic hydroxyl groups is 1. The van der Waals surface area contributed by atoms with Crippen LogP contribution in [0.3, 0.4) is 0 Å². The van der Waals surface area contributed by atoms with Gasteiger partial charge in [-0.3, -0.25) is 9.78 Å². The fourth-order valence-electron chi connectivity index (χ4n) is 4.34. The van der Waals surface area contributed by atoms with Crippen LogP contribution in [-0.2, 0) is 4.74 Å². The number of allylic oxidation sites excluding steroid dienone is 1. The number of pyridine rings is 1. The third-order valence-corrected chi connectivity index (χ3v) is 6.06. The normalized spacial score (nSPS) is 21.6. The standard InChI is InChI=1S/C26H24N2O3/c1-14(2)16-5-8-22-17(10-16)6-9-23(28-22)24-21(13-29)20-11-18(4-7-19(20)25(24)30)26-27-12-15(3)31-26/h4-11,13-15,24,29H,12H2,1-3H3/b21-13+. The Morgan fingerprint density at radius 3 is 2.65 bits per heavy atom. The number of carbonyl (C=O) groups excluding carboxylic acids is 1. The van der Waals surface area contributed by atoms with Crippen LogP contribution in [-0.4, -0.2) is 34.4 Å². The number of aliphatic imine (C=N–C) groups is 1. The number of aliphatic hydroxyl groups excluding tert-OH is 1. The molecule has 2 aliphatic rings. The molecule has 1 aromatic heterocycles. The van der Waals surface area contributed by atoms with Gasteiger partial charge in [-0.2, -0.15) is 0 Å². The molecule has 0 bridgehead atoms. The summed E-state index contributed by atoms with van der Waals surface area (Å²) in [5, 5.41) is 11.1. The van der Waals surface area contributed by atoms with Crippen molar-refractivity contribution >= 4 is 28.2 Å². The second-order valence-electron chi connectivity index (χ2n) is 8.56. The Balaban J connectivity index is 1.55. The van der Waals surface area contributed by atoms with E-state index in [0.29, 0.717) is 40.8 Å². The molecule has 0 fully saturated rings. The van der Waals surface area contributed by atoms with Gasteiger partial charge < -0.3 is 9.84 Å². The zero-order chi connectivity index (χ0) is 21.7. The molecule has 2 heterocycles. The van der Waals surface area contributed by atoms with Crippen molar-refractivity contribution in [1.29, 1.82) is 0 Å². The Hall–Kier alpha value is -3.47. The largest absolute Gasteiger partial charge is 0.515 e. The zero-order valence-corrected chi connectivity index (χ0v) is 17.8. The van der Waals surface area contributed by atoms with Crippen molar-refractivity contribution in [2.24, 2.45) is 4.99 Å². The number of ketones is 1. The highest BCUT2D eigenvalue weighted by molar-refractivity contribution is 6.17. The minimum absolute atomic E-state index is 0.0449. The molecular weight excluding hydrogens is 388 g/mol. The van der Waals surface area contributed by atoms with E-state index in [4.69, 9.17) is 9.72 Å². The van der Waals surface area contributed by atoms with Crippen molar-refractivity contribution in [3.63, 3.8) is 0 Å². The van der Waals surface area contributed by atoms with Gasteiger partial charge in [0, 0.05) is 22.1 Å². The molecule has 5 nitrogen and oxygen atoms in total. The Morgan fingerprint density at radius 2 is 1.94 bits per heavy atom. The maximum absolute atomic E-state index is 13.3. The smallest absolute Gasteiger partial charge is 0.216 e. The van der Waals surface area contributed by atoms with Crippen molar-refractivity contribution in [2.75, 3.05) is 6.54 Å². The van der Waals surface area contributed by atoms with Crippen LogP contribution in [0.1, 0.15) is 65.3 Å².